The Morgan fingerprint density at radius 2 is 2.05 bits per heavy atom. The first-order chi connectivity index (χ1) is 9.97. The number of hydrogen-bond donors (Lipinski definition) is 1. The average Bonchev–Trinajstić information content (AvgIpc) is 3.09. The number of methoxy groups -OCH3 is 1. The normalized spacial score (nSPS) is 15.2. The van der Waals surface area contributed by atoms with E-state index >= 15 is 0 Å². The monoisotopic (exact) mass is 296 g/mol. The first-order valence-corrected chi connectivity index (χ1v) is 6.77. The van der Waals surface area contributed by atoms with Crippen LogP contribution in [0, 0.1) is 5.92 Å². The summed E-state index contributed by atoms with van der Waals surface area (Å²) in [6.07, 6.45) is -1.11. The molecule has 1 N–H and O–H groups in total. The molecule has 0 radical (unpaired) electrons. The molecule has 6 heteroatoms. The maximum absolute atomic E-state index is 12.6. The highest BCUT2D eigenvalue weighted by Crippen LogP contribution is 2.37. The molecule has 1 aromatic carbocycles. The molecular weight excluding hydrogens is 281 g/mol. The van der Waals surface area contributed by atoms with Crippen molar-refractivity contribution in [1.82, 2.24) is 10.2 Å². The number of alkyl halides is 3. The molecule has 3 nitrogen and oxygen atoms in total. The minimum absolute atomic E-state index is 0.294. The predicted molar refractivity (Wildman–Crippen MR) is 72.0 cm³/mol. The van der Waals surface area contributed by atoms with Crippen LogP contribution in [0.2, 0.25) is 0 Å². The molecule has 1 aliphatic rings. The quantitative estimate of drug-likeness (QED) is 0.924. The number of aromatic nitrogens is 2. The summed E-state index contributed by atoms with van der Waals surface area (Å²) in [4.78, 5) is 0. The number of nitrogens with zero attached hydrogens (tertiary/aromatic N) is 1. The Balaban J connectivity index is 1.92. The zero-order chi connectivity index (χ0) is 15.0. The highest BCUT2D eigenvalue weighted by Gasteiger charge is 2.33. The van der Waals surface area contributed by atoms with Crippen LogP contribution >= 0.6 is 0 Å². The lowest BCUT2D eigenvalue weighted by molar-refractivity contribution is -0.141. The molecular formula is C15H15F3N2O. The Labute approximate surface area is 120 Å². The van der Waals surface area contributed by atoms with Gasteiger partial charge in [-0.05, 0) is 55.0 Å². The number of nitrogens with one attached hydrogen (secondary N) is 1. The lowest BCUT2D eigenvalue weighted by Crippen LogP contribution is -2.04. The van der Waals surface area contributed by atoms with Crippen molar-refractivity contribution >= 4 is 0 Å². The van der Waals surface area contributed by atoms with E-state index in [2.05, 4.69) is 5.10 Å². The second-order valence-corrected chi connectivity index (χ2v) is 5.34. The van der Waals surface area contributed by atoms with Crippen LogP contribution < -0.4 is 4.74 Å². The number of hydrogen-bond acceptors (Lipinski definition) is 2. The van der Waals surface area contributed by atoms with Crippen LogP contribution in [-0.2, 0) is 12.6 Å². The number of aromatic amines is 1. The molecule has 2 aromatic rings. The summed E-state index contributed by atoms with van der Waals surface area (Å²) in [6.45, 7) is 0. The van der Waals surface area contributed by atoms with Crippen LogP contribution in [0.3, 0.4) is 0 Å². The van der Waals surface area contributed by atoms with Crippen molar-refractivity contribution in [3.8, 4) is 17.0 Å². The Morgan fingerprint density at radius 1 is 1.29 bits per heavy atom. The van der Waals surface area contributed by atoms with Gasteiger partial charge in [-0.1, -0.05) is 0 Å². The van der Waals surface area contributed by atoms with E-state index in [9.17, 15) is 13.2 Å². The molecule has 0 saturated heterocycles. The van der Waals surface area contributed by atoms with Gasteiger partial charge in [-0.25, -0.2) is 0 Å². The van der Waals surface area contributed by atoms with Crippen molar-refractivity contribution in [3.63, 3.8) is 0 Å². The Morgan fingerprint density at radius 3 is 2.62 bits per heavy atom. The zero-order valence-electron chi connectivity index (χ0n) is 11.5. The highest BCUT2D eigenvalue weighted by molar-refractivity contribution is 5.62. The van der Waals surface area contributed by atoms with Gasteiger partial charge in [-0.15, -0.1) is 0 Å². The molecule has 0 unspecified atom stereocenters. The van der Waals surface area contributed by atoms with Gasteiger partial charge in [0.1, 0.15) is 11.4 Å². The van der Waals surface area contributed by atoms with Crippen LogP contribution in [0.15, 0.2) is 24.3 Å². The third-order valence-corrected chi connectivity index (χ3v) is 3.66. The van der Waals surface area contributed by atoms with Gasteiger partial charge < -0.3 is 4.74 Å². The zero-order valence-corrected chi connectivity index (χ0v) is 11.5. The summed E-state index contributed by atoms with van der Waals surface area (Å²) in [7, 11) is 1.60. The molecule has 1 fully saturated rings. The third kappa shape index (κ3) is 3.04. The van der Waals surface area contributed by atoms with E-state index in [1.54, 1.807) is 19.2 Å². The SMILES string of the molecule is COc1ccc(-c2cc(C(F)(F)F)[nH]n2)cc1CC1CC1. The third-order valence-electron chi connectivity index (χ3n) is 3.66. The van der Waals surface area contributed by atoms with Crippen LogP contribution in [0.5, 0.6) is 5.75 Å². The molecule has 3 rings (SSSR count). The van der Waals surface area contributed by atoms with E-state index in [0.717, 1.165) is 23.8 Å². The largest absolute Gasteiger partial charge is 0.496 e. The van der Waals surface area contributed by atoms with E-state index < -0.39 is 11.9 Å². The number of rotatable bonds is 4. The van der Waals surface area contributed by atoms with Crippen LogP contribution in [0.25, 0.3) is 11.3 Å². The Kier molecular flexibility index (Phi) is 3.39. The van der Waals surface area contributed by atoms with E-state index in [1.807, 2.05) is 11.2 Å². The summed E-state index contributed by atoms with van der Waals surface area (Å²) in [6, 6.07) is 6.41. The second kappa shape index (κ2) is 5.09. The lowest BCUT2D eigenvalue weighted by atomic mass is 10.0. The molecule has 1 heterocycles. The molecule has 1 saturated carbocycles. The molecule has 0 amide bonds. The first kappa shape index (κ1) is 14.0. The molecule has 1 aliphatic carbocycles. The summed E-state index contributed by atoms with van der Waals surface area (Å²) in [5.74, 6) is 1.44. The van der Waals surface area contributed by atoms with Crippen molar-refractivity contribution < 1.29 is 17.9 Å². The first-order valence-electron chi connectivity index (χ1n) is 6.77. The van der Waals surface area contributed by atoms with Gasteiger partial charge in [0.25, 0.3) is 0 Å². The van der Waals surface area contributed by atoms with E-state index in [1.165, 1.54) is 12.8 Å². The van der Waals surface area contributed by atoms with E-state index in [-0.39, 0.29) is 0 Å². The topological polar surface area (TPSA) is 37.9 Å². The van der Waals surface area contributed by atoms with Gasteiger partial charge in [0.15, 0.2) is 0 Å². The fraction of sp³-hybridized carbons (Fsp3) is 0.400. The lowest BCUT2D eigenvalue weighted by Gasteiger charge is -2.09. The van der Waals surface area contributed by atoms with Crippen LogP contribution in [0.1, 0.15) is 24.1 Å². The molecule has 1 aromatic heterocycles. The molecule has 0 atom stereocenters. The fourth-order valence-corrected chi connectivity index (χ4v) is 2.35. The maximum atomic E-state index is 12.6. The van der Waals surface area contributed by atoms with Gasteiger partial charge in [0, 0.05) is 5.56 Å². The average molecular weight is 296 g/mol. The van der Waals surface area contributed by atoms with Crippen molar-refractivity contribution in [2.24, 2.45) is 5.92 Å². The highest BCUT2D eigenvalue weighted by atomic mass is 19.4. The summed E-state index contributed by atoms with van der Waals surface area (Å²) in [5, 5.41) is 5.80. The van der Waals surface area contributed by atoms with Crippen molar-refractivity contribution in [2.75, 3.05) is 7.11 Å². The van der Waals surface area contributed by atoms with Gasteiger partial charge in [0.05, 0.1) is 12.8 Å². The maximum Gasteiger partial charge on any atom is 0.432 e. The molecule has 0 spiro atoms. The van der Waals surface area contributed by atoms with Crippen molar-refractivity contribution in [2.45, 2.75) is 25.4 Å². The van der Waals surface area contributed by atoms with Gasteiger partial charge >= 0.3 is 6.18 Å². The smallest absolute Gasteiger partial charge is 0.432 e. The van der Waals surface area contributed by atoms with Crippen LogP contribution in [-0.4, -0.2) is 17.3 Å². The molecule has 0 bridgehead atoms. The summed E-state index contributed by atoms with van der Waals surface area (Å²) in [5.41, 5.74) is 1.14. The summed E-state index contributed by atoms with van der Waals surface area (Å²) < 4.78 is 43.1. The predicted octanol–water partition coefficient (Wildman–Crippen LogP) is 4.06. The molecule has 112 valence electrons. The number of H-pyrrole nitrogens is 1. The van der Waals surface area contributed by atoms with Crippen LogP contribution in [0.4, 0.5) is 13.2 Å². The second-order valence-electron chi connectivity index (χ2n) is 5.34. The van der Waals surface area contributed by atoms with E-state index in [4.69, 9.17) is 4.74 Å². The van der Waals surface area contributed by atoms with Crippen molar-refractivity contribution in [3.05, 3.63) is 35.5 Å². The Bertz CT molecular complexity index is 645. The number of ether oxygens (including phenoxy) is 1. The minimum Gasteiger partial charge on any atom is -0.496 e. The molecule has 21 heavy (non-hydrogen) atoms. The van der Waals surface area contributed by atoms with Gasteiger partial charge in [-0.3, -0.25) is 5.10 Å². The number of halogens is 3. The summed E-state index contributed by atoms with van der Waals surface area (Å²) >= 11 is 0. The fourth-order valence-electron chi connectivity index (χ4n) is 2.35. The van der Waals surface area contributed by atoms with E-state index in [0.29, 0.717) is 17.2 Å². The van der Waals surface area contributed by atoms with Crippen molar-refractivity contribution in [1.29, 1.82) is 0 Å². The van der Waals surface area contributed by atoms with Gasteiger partial charge in [0.2, 0.25) is 0 Å². The number of benzene rings is 1. The standard InChI is InChI=1S/C15H15F3N2O/c1-21-13-5-4-10(7-11(13)6-9-2-3-9)12-8-14(20-19-12)15(16,17)18/h4-5,7-9H,2-3,6H2,1H3,(H,19,20). The van der Waals surface area contributed by atoms with Gasteiger partial charge in [-0.2, -0.15) is 18.3 Å². The Hall–Kier alpha value is -1.98. The minimum atomic E-state index is -4.41. The molecule has 0 aliphatic heterocycles.